The third kappa shape index (κ3) is 48.1. The molecule has 0 aliphatic rings. The molecule has 30 valence electrons. The van der Waals surface area contributed by atoms with E-state index in [9.17, 15) is 0 Å². The molecular weight excluding hydrogens is 302 g/mol. The predicted octanol–water partition coefficient (Wildman–Crippen LogP) is -2.30. The van der Waals surface area contributed by atoms with Gasteiger partial charge in [0.25, 0.3) is 0 Å². The molecule has 0 unspecified atom stereocenters. The van der Waals surface area contributed by atoms with Gasteiger partial charge in [0.2, 0.25) is 0 Å². The number of rotatable bonds is 0. The topological polar surface area (TPSA) is 51.2 Å². The molecule has 0 radical (unpaired) electrons. The first kappa shape index (κ1) is 15.6. The first-order valence-electron chi connectivity index (χ1n) is 0.866. The van der Waals surface area contributed by atoms with Crippen molar-refractivity contribution < 1.29 is 9.93 Å². The van der Waals surface area contributed by atoms with Crippen molar-refractivity contribution in [2.75, 3.05) is 0 Å². The van der Waals surface area contributed by atoms with Crippen LogP contribution in [0.2, 0.25) is 0 Å². The van der Waals surface area contributed by atoms with Gasteiger partial charge in [-0.1, -0.05) is 0 Å². The molecule has 0 saturated heterocycles. The fraction of sp³-hybridized carbons (Fsp3) is 0. The molecule has 3 nitrogen and oxygen atoms in total. The summed E-state index contributed by atoms with van der Waals surface area (Å²) >= 11 is 0.150. The van der Waals surface area contributed by atoms with E-state index in [-0.39, 0.29) is 61.5 Å². The Labute approximate surface area is 70.6 Å². The second kappa shape index (κ2) is 84.4. The van der Waals surface area contributed by atoms with Crippen LogP contribution in [-0.4, -0.2) is 61.5 Å². The van der Waals surface area contributed by atoms with Crippen LogP contribution in [0.1, 0.15) is 0 Å². The summed E-state index contributed by atoms with van der Waals surface area (Å²) in [4.78, 5) is 0. The summed E-state index contributed by atoms with van der Waals surface area (Å²) in [6, 6.07) is 0. The van der Waals surface area contributed by atoms with E-state index in [0.717, 1.165) is 0 Å². The molecule has 0 spiro atoms. The molecule has 0 fully saturated rings. The molecule has 0 amide bonds. The molecule has 0 heterocycles. The van der Waals surface area contributed by atoms with Crippen molar-refractivity contribution in [2.45, 2.75) is 0 Å². The maximum atomic E-state index is 8.42. The van der Waals surface area contributed by atoms with E-state index >= 15 is 0 Å². The van der Waals surface area contributed by atoms with Crippen LogP contribution in [0.5, 0.6) is 0 Å². The predicted molar refractivity (Wildman–Crippen MR) is 23.5 cm³/mol. The van der Waals surface area contributed by atoms with E-state index < -0.39 is 0 Å². The fourth-order valence-corrected chi connectivity index (χ4v) is 0. The standard InChI is InChI=1S/2Ga.In.3O.3H. The molecular formula is H3Ga2InO3. The van der Waals surface area contributed by atoms with Crippen LogP contribution in [0.3, 0.4) is 0 Å². The minimum atomic E-state index is -0.1000. The molecule has 0 rings (SSSR count). The Morgan fingerprint density at radius 1 is 0.833 bits per heavy atom. The zero-order valence-electron chi connectivity index (χ0n) is 3.35. The molecule has 0 saturated carbocycles. The van der Waals surface area contributed by atoms with Gasteiger partial charge in [-0.3, -0.25) is 0 Å². The third-order valence-electron chi connectivity index (χ3n) is 0. The maximum absolute atomic E-state index is 8.42. The van der Waals surface area contributed by atoms with Crippen LogP contribution >= 0.6 is 0 Å². The second-order valence-corrected chi connectivity index (χ2v) is 0. The van der Waals surface area contributed by atoms with Gasteiger partial charge in [0.15, 0.2) is 0 Å². The summed E-state index contributed by atoms with van der Waals surface area (Å²) in [7, 11) is 0. The number of hydrogen-bond donors (Lipinski definition) is 0. The third-order valence-corrected chi connectivity index (χ3v) is 0. The van der Waals surface area contributed by atoms with Gasteiger partial charge in [-0.05, 0) is 0 Å². The van der Waals surface area contributed by atoms with Crippen molar-refractivity contribution in [3.63, 3.8) is 0 Å². The van der Waals surface area contributed by atoms with Crippen LogP contribution < -0.4 is 0 Å². The zero-order chi connectivity index (χ0) is 6.00. The molecule has 0 aromatic rings. The first-order valence-corrected chi connectivity index (χ1v) is 4.94. The molecule has 0 bridgehead atoms. The normalized spacial score (nSPS) is 1.50. The van der Waals surface area contributed by atoms with Gasteiger partial charge >= 0.3 is 71.4 Å². The Morgan fingerprint density at radius 3 is 0.833 bits per heavy atom. The fourth-order valence-electron chi connectivity index (χ4n) is 0. The zero-order valence-corrected chi connectivity index (χ0v) is 13.3. The summed E-state index contributed by atoms with van der Waals surface area (Å²) in [6.07, 6.45) is 0. The second-order valence-electron chi connectivity index (χ2n) is 0. The van der Waals surface area contributed by atoms with Gasteiger partial charge < -0.3 is 0 Å². The van der Waals surface area contributed by atoms with Crippen molar-refractivity contribution in [3.05, 3.63) is 0 Å². The monoisotopic (exact) mass is 304 g/mol. The molecule has 6 heavy (non-hydrogen) atoms. The van der Waals surface area contributed by atoms with E-state index in [2.05, 4.69) is 0 Å². The Morgan fingerprint density at radius 2 is 0.833 bits per heavy atom. The summed E-state index contributed by atoms with van der Waals surface area (Å²) in [5.74, 6) is 0. The Bertz CT molecular complexity index is 13.5. The van der Waals surface area contributed by atoms with Crippen molar-refractivity contribution in [2.24, 2.45) is 0 Å². The molecule has 0 N–H and O–H groups in total. The van der Waals surface area contributed by atoms with Gasteiger partial charge in [0, 0.05) is 0 Å². The summed E-state index contributed by atoms with van der Waals surface area (Å²) in [6.45, 7) is 0. The SMILES string of the molecule is [O]=[GaH].[O]=[GaH].[O]=[InH]. The van der Waals surface area contributed by atoms with E-state index in [0.29, 0.717) is 0 Å². The quantitative estimate of drug-likeness (QED) is 0.473. The Kier molecular flexibility index (Phi) is 220. The summed E-state index contributed by atoms with van der Waals surface area (Å²) < 4.78 is 25.2. The minimum absolute atomic E-state index is 0.1000. The Balaban J connectivity index is -0.0000000225. The molecule has 6 heteroatoms. The first-order chi connectivity index (χ1) is 3.00. The van der Waals surface area contributed by atoms with E-state index in [1.807, 2.05) is 0 Å². The van der Waals surface area contributed by atoms with E-state index in [4.69, 9.17) is 9.93 Å². The van der Waals surface area contributed by atoms with Gasteiger partial charge in [0.05, 0.1) is 0 Å². The molecule has 0 aromatic carbocycles. The summed E-state index contributed by atoms with van der Waals surface area (Å²) in [5.41, 5.74) is 0. The Hall–Kier alpha value is 1.54. The van der Waals surface area contributed by atoms with E-state index in [1.165, 1.54) is 0 Å². The molecule has 0 aromatic heterocycles. The summed E-state index contributed by atoms with van der Waals surface area (Å²) in [5, 5.41) is 0. The van der Waals surface area contributed by atoms with Crippen molar-refractivity contribution in [1.82, 2.24) is 0 Å². The van der Waals surface area contributed by atoms with Gasteiger partial charge in [0.1, 0.15) is 0 Å². The molecule has 0 atom stereocenters. The van der Waals surface area contributed by atoms with Gasteiger partial charge in [-0.25, -0.2) is 0 Å². The number of hydrogen-bond acceptors (Lipinski definition) is 3. The van der Waals surface area contributed by atoms with Crippen LogP contribution in [0, 0.1) is 0 Å². The average Bonchev–Trinajstić information content (AvgIpc) is 1.81. The van der Waals surface area contributed by atoms with Crippen molar-refractivity contribution >= 4 is 61.5 Å². The average molecular weight is 305 g/mol. The van der Waals surface area contributed by atoms with Crippen molar-refractivity contribution in [1.29, 1.82) is 0 Å². The van der Waals surface area contributed by atoms with Crippen LogP contribution in [0.15, 0.2) is 0 Å². The van der Waals surface area contributed by atoms with Gasteiger partial charge in [-0.2, -0.15) is 0 Å². The molecule has 0 aliphatic carbocycles. The van der Waals surface area contributed by atoms with Crippen LogP contribution in [-0.2, 0) is 9.93 Å². The van der Waals surface area contributed by atoms with Crippen LogP contribution in [0.25, 0.3) is 0 Å². The van der Waals surface area contributed by atoms with Crippen LogP contribution in [0.4, 0.5) is 0 Å². The van der Waals surface area contributed by atoms with Crippen molar-refractivity contribution in [3.8, 4) is 0 Å². The van der Waals surface area contributed by atoms with E-state index in [1.54, 1.807) is 0 Å². The molecule has 0 aliphatic heterocycles. The van der Waals surface area contributed by atoms with Gasteiger partial charge in [-0.15, -0.1) is 0 Å².